The summed E-state index contributed by atoms with van der Waals surface area (Å²) in [6.07, 6.45) is 1.52. The van der Waals surface area contributed by atoms with Crippen LogP contribution in [0.25, 0.3) is 11.1 Å². The molecule has 2 aromatic rings. The van der Waals surface area contributed by atoms with Gasteiger partial charge >= 0.3 is 0 Å². The number of oxazole rings is 1. The first-order valence-corrected chi connectivity index (χ1v) is 5.81. The molecular formula is C12H15N3O2. The summed E-state index contributed by atoms with van der Waals surface area (Å²) < 4.78 is 5.66. The second kappa shape index (κ2) is 3.92. The Morgan fingerprint density at radius 3 is 3.18 bits per heavy atom. The van der Waals surface area contributed by atoms with E-state index in [-0.39, 0.29) is 6.10 Å². The Bertz CT molecular complexity index is 538. The third-order valence-electron chi connectivity index (χ3n) is 3.07. The Balaban J connectivity index is 1.94. The molecule has 3 rings (SSSR count). The van der Waals surface area contributed by atoms with Crippen LogP contribution in [0, 0.1) is 0 Å². The van der Waals surface area contributed by atoms with Gasteiger partial charge in [0.25, 0.3) is 6.01 Å². The number of hydrogen-bond acceptors (Lipinski definition) is 5. The number of nitrogens with zero attached hydrogens (tertiary/aromatic N) is 2. The second-order valence-electron chi connectivity index (χ2n) is 4.47. The van der Waals surface area contributed by atoms with Gasteiger partial charge in [-0.2, -0.15) is 4.98 Å². The number of fused-ring (bicyclic) bond motifs is 1. The van der Waals surface area contributed by atoms with Crippen LogP contribution in [0.15, 0.2) is 22.6 Å². The number of nitrogen functional groups attached to an aromatic ring is 1. The van der Waals surface area contributed by atoms with Gasteiger partial charge in [-0.1, -0.05) is 0 Å². The van der Waals surface area contributed by atoms with Crippen molar-refractivity contribution in [3.63, 3.8) is 0 Å². The molecule has 0 amide bonds. The van der Waals surface area contributed by atoms with Crippen molar-refractivity contribution in [2.45, 2.75) is 18.9 Å². The van der Waals surface area contributed by atoms with Crippen LogP contribution in [0.5, 0.6) is 0 Å². The maximum atomic E-state index is 9.63. The highest BCUT2D eigenvalue weighted by molar-refractivity contribution is 5.78. The topological polar surface area (TPSA) is 75.5 Å². The number of anilines is 2. The van der Waals surface area contributed by atoms with E-state index in [0.717, 1.165) is 24.9 Å². The fourth-order valence-electron chi connectivity index (χ4n) is 2.19. The molecule has 1 unspecified atom stereocenters. The normalized spacial score (nSPS) is 21.0. The van der Waals surface area contributed by atoms with Gasteiger partial charge < -0.3 is 20.2 Å². The lowest BCUT2D eigenvalue weighted by Gasteiger charge is -2.28. The predicted molar refractivity (Wildman–Crippen MR) is 65.9 cm³/mol. The monoisotopic (exact) mass is 233 g/mol. The molecular weight excluding hydrogens is 218 g/mol. The first-order chi connectivity index (χ1) is 8.22. The Morgan fingerprint density at radius 2 is 2.35 bits per heavy atom. The molecule has 1 saturated heterocycles. The maximum Gasteiger partial charge on any atom is 0.298 e. The molecule has 1 aromatic heterocycles. The number of hydrogen-bond donors (Lipinski definition) is 2. The fraction of sp³-hybridized carbons (Fsp3) is 0.417. The minimum Gasteiger partial charge on any atom is -0.423 e. The summed E-state index contributed by atoms with van der Waals surface area (Å²) in [7, 11) is 0. The lowest BCUT2D eigenvalue weighted by molar-refractivity contribution is 0.152. The molecule has 2 heterocycles. The minimum absolute atomic E-state index is 0.288. The first kappa shape index (κ1) is 10.4. The van der Waals surface area contributed by atoms with E-state index in [1.54, 1.807) is 12.1 Å². The molecule has 5 heteroatoms. The highest BCUT2D eigenvalue weighted by Crippen LogP contribution is 2.25. The van der Waals surface area contributed by atoms with Crippen LogP contribution in [0.1, 0.15) is 12.8 Å². The van der Waals surface area contributed by atoms with Crippen molar-refractivity contribution in [3.05, 3.63) is 18.2 Å². The second-order valence-corrected chi connectivity index (χ2v) is 4.47. The zero-order valence-electron chi connectivity index (χ0n) is 9.47. The van der Waals surface area contributed by atoms with E-state index in [1.165, 1.54) is 0 Å². The maximum absolute atomic E-state index is 9.63. The van der Waals surface area contributed by atoms with Crippen molar-refractivity contribution in [3.8, 4) is 0 Å². The van der Waals surface area contributed by atoms with Crippen LogP contribution >= 0.6 is 0 Å². The minimum atomic E-state index is -0.288. The van der Waals surface area contributed by atoms with Crippen molar-refractivity contribution < 1.29 is 9.52 Å². The van der Waals surface area contributed by atoms with E-state index in [4.69, 9.17) is 10.2 Å². The molecule has 1 fully saturated rings. The summed E-state index contributed by atoms with van der Waals surface area (Å²) in [6.45, 7) is 1.46. The Hall–Kier alpha value is -1.75. The van der Waals surface area contributed by atoms with Gasteiger partial charge in [-0.05, 0) is 25.0 Å². The van der Waals surface area contributed by atoms with E-state index in [2.05, 4.69) is 4.98 Å². The highest BCUT2D eigenvalue weighted by Gasteiger charge is 2.21. The molecule has 3 N–H and O–H groups in total. The quantitative estimate of drug-likeness (QED) is 0.727. The Kier molecular flexibility index (Phi) is 2.40. The summed E-state index contributed by atoms with van der Waals surface area (Å²) in [5, 5.41) is 9.63. The summed E-state index contributed by atoms with van der Waals surface area (Å²) in [5.41, 5.74) is 7.85. The van der Waals surface area contributed by atoms with Gasteiger partial charge in [0.2, 0.25) is 0 Å². The zero-order chi connectivity index (χ0) is 11.8. The standard InChI is InChI=1S/C12H15N3O2/c13-8-3-4-10-11(6-8)17-12(14-10)15-5-1-2-9(16)7-15/h3-4,6,9,16H,1-2,5,7,13H2. The number of β-amino-alcohol motifs (C(OH)–C–C–N with tert-alkyl or cyclic N) is 1. The van der Waals surface area contributed by atoms with Crippen LogP contribution in [0.2, 0.25) is 0 Å². The molecule has 1 atom stereocenters. The molecule has 0 bridgehead atoms. The lowest BCUT2D eigenvalue weighted by Crippen LogP contribution is -2.38. The van der Waals surface area contributed by atoms with Crippen LogP contribution in [-0.2, 0) is 0 Å². The molecule has 1 aliphatic heterocycles. The molecule has 0 radical (unpaired) electrons. The highest BCUT2D eigenvalue weighted by atomic mass is 16.4. The molecule has 5 nitrogen and oxygen atoms in total. The predicted octanol–water partition coefficient (Wildman–Crippen LogP) is 1.37. The first-order valence-electron chi connectivity index (χ1n) is 5.81. The van der Waals surface area contributed by atoms with Gasteiger partial charge in [-0.25, -0.2) is 0 Å². The van der Waals surface area contributed by atoms with E-state index in [1.807, 2.05) is 11.0 Å². The van der Waals surface area contributed by atoms with E-state index >= 15 is 0 Å². The molecule has 1 aromatic carbocycles. The molecule has 90 valence electrons. The van der Waals surface area contributed by atoms with Gasteiger partial charge in [-0.15, -0.1) is 0 Å². The molecule has 0 spiro atoms. The van der Waals surface area contributed by atoms with E-state index < -0.39 is 0 Å². The fourth-order valence-corrected chi connectivity index (χ4v) is 2.19. The Labute approximate surface area is 98.8 Å². The van der Waals surface area contributed by atoms with Crippen molar-refractivity contribution in [1.29, 1.82) is 0 Å². The molecule has 17 heavy (non-hydrogen) atoms. The third kappa shape index (κ3) is 1.93. The number of piperidine rings is 1. The average Bonchev–Trinajstić information content (AvgIpc) is 2.72. The number of nitrogens with two attached hydrogens (primary N) is 1. The van der Waals surface area contributed by atoms with Crippen molar-refractivity contribution in [1.82, 2.24) is 4.98 Å². The Morgan fingerprint density at radius 1 is 1.47 bits per heavy atom. The van der Waals surface area contributed by atoms with Crippen LogP contribution in [0.3, 0.4) is 0 Å². The summed E-state index contributed by atoms with van der Waals surface area (Å²) in [4.78, 5) is 6.38. The smallest absolute Gasteiger partial charge is 0.298 e. The molecule has 0 aliphatic carbocycles. The lowest BCUT2D eigenvalue weighted by atomic mass is 10.1. The number of rotatable bonds is 1. The number of aliphatic hydroxyl groups excluding tert-OH is 1. The van der Waals surface area contributed by atoms with Gasteiger partial charge in [0.1, 0.15) is 5.52 Å². The molecule has 0 saturated carbocycles. The summed E-state index contributed by atoms with van der Waals surface area (Å²) in [6, 6.07) is 5.99. The van der Waals surface area contributed by atoms with Gasteiger partial charge in [-0.3, -0.25) is 0 Å². The third-order valence-corrected chi connectivity index (χ3v) is 3.07. The number of benzene rings is 1. The van der Waals surface area contributed by atoms with Crippen LogP contribution < -0.4 is 10.6 Å². The summed E-state index contributed by atoms with van der Waals surface area (Å²) >= 11 is 0. The van der Waals surface area contributed by atoms with Crippen LogP contribution in [-0.4, -0.2) is 29.3 Å². The molecule has 1 aliphatic rings. The van der Waals surface area contributed by atoms with Gasteiger partial charge in [0, 0.05) is 24.8 Å². The van der Waals surface area contributed by atoms with E-state index in [9.17, 15) is 5.11 Å². The summed E-state index contributed by atoms with van der Waals surface area (Å²) in [5.74, 6) is 0. The van der Waals surface area contributed by atoms with Crippen molar-refractivity contribution in [2.24, 2.45) is 0 Å². The van der Waals surface area contributed by atoms with Gasteiger partial charge in [0.05, 0.1) is 6.10 Å². The average molecular weight is 233 g/mol. The number of aliphatic hydroxyl groups is 1. The van der Waals surface area contributed by atoms with Crippen LogP contribution in [0.4, 0.5) is 11.7 Å². The van der Waals surface area contributed by atoms with Crippen molar-refractivity contribution >= 4 is 22.8 Å². The largest absolute Gasteiger partial charge is 0.423 e. The number of aromatic nitrogens is 1. The zero-order valence-corrected chi connectivity index (χ0v) is 9.47. The van der Waals surface area contributed by atoms with Crippen molar-refractivity contribution in [2.75, 3.05) is 23.7 Å². The van der Waals surface area contributed by atoms with E-state index in [0.29, 0.717) is 23.8 Å². The van der Waals surface area contributed by atoms with Gasteiger partial charge in [0.15, 0.2) is 5.58 Å². The SMILES string of the molecule is Nc1ccc2nc(N3CCCC(O)C3)oc2c1.